The lowest BCUT2D eigenvalue weighted by molar-refractivity contribution is 0.997. The smallest absolute Gasteiger partial charge is 0.225 e. The van der Waals surface area contributed by atoms with E-state index in [1.807, 2.05) is 95.9 Å². The Balaban J connectivity index is 1.79. The molecule has 4 rings (SSSR count). The normalized spacial score (nSPS) is 10.4. The first-order valence-corrected chi connectivity index (χ1v) is 8.91. The van der Waals surface area contributed by atoms with Gasteiger partial charge in [0, 0.05) is 17.1 Å². The minimum atomic E-state index is 0.263. The van der Waals surface area contributed by atoms with Crippen LogP contribution in [0.5, 0.6) is 0 Å². The van der Waals surface area contributed by atoms with Crippen molar-refractivity contribution in [1.82, 2.24) is 15.0 Å². The van der Waals surface area contributed by atoms with Crippen molar-refractivity contribution in [3.63, 3.8) is 0 Å². The van der Waals surface area contributed by atoms with Crippen LogP contribution in [-0.4, -0.2) is 15.0 Å². The summed E-state index contributed by atoms with van der Waals surface area (Å²) in [7, 11) is 0. The van der Waals surface area contributed by atoms with E-state index in [1.54, 1.807) is 0 Å². The predicted octanol–water partition coefficient (Wildman–Crippen LogP) is 5.75. The molecule has 0 aliphatic rings. The van der Waals surface area contributed by atoms with Gasteiger partial charge in [-0.2, -0.15) is 9.97 Å². The van der Waals surface area contributed by atoms with Gasteiger partial charge in [0.15, 0.2) is 0 Å². The van der Waals surface area contributed by atoms with Crippen LogP contribution in [0.15, 0.2) is 91.0 Å². The van der Waals surface area contributed by atoms with Crippen molar-refractivity contribution in [2.24, 2.45) is 0 Å². The summed E-state index contributed by atoms with van der Waals surface area (Å²) >= 11 is 5.31. The summed E-state index contributed by atoms with van der Waals surface area (Å²) in [6.45, 7) is 0. The Kier molecular flexibility index (Phi) is 4.89. The van der Waals surface area contributed by atoms with Crippen LogP contribution in [0.25, 0.3) is 0 Å². The first kappa shape index (κ1) is 16.9. The van der Waals surface area contributed by atoms with Gasteiger partial charge in [0.1, 0.15) is 0 Å². The van der Waals surface area contributed by atoms with E-state index in [2.05, 4.69) is 20.3 Å². The monoisotopic (exact) mass is 371 g/mol. The minimum Gasteiger partial charge on any atom is -0.326 e. The molecular weight excluding hydrogens is 354 g/mol. The van der Waals surface area contributed by atoms with E-state index in [-0.39, 0.29) is 4.77 Å². The van der Waals surface area contributed by atoms with Crippen molar-refractivity contribution in [2.75, 3.05) is 10.2 Å². The summed E-state index contributed by atoms with van der Waals surface area (Å²) in [5.41, 5.74) is 2.86. The fourth-order valence-corrected chi connectivity index (χ4v) is 2.92. The molecule has 0 aliphatic carbocycles. The predicted molar refractivity (Wildman–Crippen MR) is 112 cm³/mol. The van der Waals surface area contributed by atoms with Crippen LogP contribution >= 0.6 is 12.2 Å². The largest absolute Gasteiger partial charge is 0.326 e. The lowest BCUT2D eigenvalue weighted by Gasteiger charge is -2.24. The molecule has 0 unspecified atom stereocenters. The maximum absolute atomic E-state index is 5.31. The molecule has 5 nitrogen and oxygen atoms in total. The van der Waals surface area contributed by atoms with Crippen LogP contribution in [0.4, 0.5) is 29.0 Å². The molecule has 0 amide bonds. The second-order valence-electron chi connectivity index (χ2n) is 5.80. The zero-order valence-corrected chi connectivity index (χ0v) is 15.2. The van der Waals surface area contributed by atoms with Crippen molar-refractivity contribution in [3.8, 4) is 0 Å². The van der Waals surface area contributed by atoms with Gasteiger partial charge in [-0.15, -0.1) is 0 Å². The Morgan fingerprint density at radius 3 is 1.78 bits per heavy atom. The number of H-pyrrole nitrogens is 1. The average molecular weight is 371 g/mol. The molecule has 27 heavy (non-hydrogen) atoms. The molecule has 132 valence electrons. The Hall–Kier alpha value is -3.51. The van der Waals surface area contributed by atoms with Gasteiger partial charge in [-0.05, 0) is 48.6 Å². The SMILES string of the molecule is S=c1nc(Nc2ccccc2)[nH]c(N(c2ccccc2)c2ccccc2)n1. The number of para-hydroxylation sites is 3. The quantitative estimate of drug-likeness (QED) is 0.438. The molecular formula is C21H17N5S. The second-order valence-corrected chi connectivity index (χ2v) is 6.17. The van der Waals surface area contributed by atoms with Gasteiger partial charge >= 0.3 is 0 Å². The third-order valence-corrected chi connectivity index (χ3v) is 4.10. The summed E-state index contributed by atoms with van der Waals surface area (Å²) in [6.07, 6.45) is 0. The van der Waals surface area contributed by atoms with Crippen LogP contribution < -0.4 is 10.2 Å². The van der Waals surface area contributed by atoms with E-state index in [9.17, 15) is 0 Å². The topological polar surface area (TPSA) is 56.8 Å². The molecule has 6 heteroatoms. The number of aromatic nitrogens is 3. The molecule has 0 radical (unpaired) electrons. The summed E-state index contributed by atoms with van der Waals surface area (Å²) in [5.74, 6) is 1.12. The molecule has 0 atom stereocenters. The van der Waals surface area contributed by atoms with Crippen LogP contribution in [0.1, 0.15) is 0 Å². The Morgan fingerprint density at radius 1 is 0.704 bits per heavy atom. The highest BCUT2D eigenvalue weighted by atomic mass is 32.1. The van der Waals surface area contributed by atoms with Gasteiger partial charge < -0.3 is 5.32 Å². The molecule has 0 spiro atoms. The van der Waals surface area contributed by atoms with Gasteiger partial charge in [0.2, 0.25) is 16.7 Å². The number of benzene rings is 3. The van der Waals surface area contributed by atoms with E-state index < -0.39 is 0 Å². The molecule has 0 fully saturated rings. The van der Waals surface area contributed by atoms with E-state index >= 15 is 0 Å². The highest BCUT2D eigenvalue weighted by molar-refractivity contribution is 7.71. The fraction of sp³-hybridized carbons (Fsp3) is 0. The van der Waals surface area contributed by atoms with Crippen LogP contribution in [0.3, 0.4) is 0 Å². The summed E-state index contributed by atoms with van der Waals surface area (Å²) in [6, 6.07) is 29.8. The zero-order chi connectivity index (χ0) is 18.5. The molecule has 0 aliphatic heterocycles. The van der Waals surface area contributed by atoms with Crippen molar-refractivity contribution >= 4 is 41.2 Å². The van der Waals surface area contributed by atoms with Crippen molar-refractivity contribution in [2.45, 2.75) is 0 Å². The highest BCUT2D eigenvalue weighted by Crippen LogP contribution is 2.31. The number of hydrogen-bond acceptors (Lipinski definition) is 5. The Morgan fingerprint density at radius 2 is 1.22 bits per heavy atom. The van der Waals surface area contributed by atoms with E-state index in [4.69, 9.17) is 12.2 Å². The summed E-state index contributed by atoms with van der Waals surface area (Å²) < 4.78 is 0.263. The van der Waals surface area contributed by atoms with Crippen LogP contribution in [0, 0.1) is 4.77 Å². The molecule has 0 saturated carbocycles. The molecule has 0 bridgehead atoms. The molecule has 2 N–H and O–H groups in total. The number of anilines is 5. The number of nitrogens with one attached hydrogen (secondary N) is 2. The first-order valence-electron chi connectivity index (χ1n) is 8.50. The number of aromatic amines is 1. The maximum atomic E-state index is 5.31. The summed E-state index contributed by atoms with van der Waals surface area (Å²) in [5, 5.41) is 3.24. The second kappa shape index (κ2) is 7.80. The highest BCUT2D eigenvalue weighted by Gasteiger charge is 2.15. The van der Waals surface area contributed by atoms with Crippen molar-refractivity contribution < 1.29 is 0 Å². The van der Waals surface area contributed by atoms with Gasteiger partial charge in [0.25, 0.3) is 0 Å². The standard InChI is InChI=1S/C21H17N5S/c27-21-24-19(22-16-10-4-1-5-11-16)23-20(25-21)26(17-12-6-2-7-13-17)18-14-8-3-9-15-18/h1-15H,(H2,22,23,24,25,27). The maximum Gasteiger partial charge on any atom is 0.225 e. The Labute approximate surface area is 162 Å². The van der Waals surface area contributed by atoms with E-state index in [1.165, 1.54) is 0 Å². The summed E-state index contributed by atoms with van der Waals surface area (Å²) in [4.78, 5) is 14.0. The van der Waals surface area contributed by atoms with Crippen molar-refractivity contribution in [1.29, 1.82) is 0 Å². The molecule has 3 aromatic carbocycles. The van der Waals surface area contributed by atoms with Crippen molar-refractivity contribution in [3.05, 3.63) is 95.8 Å². The zero-order valence-electron chi connectivity index (χ0n) is 14.4. The third kappa shape index (κ3) is 4.02. The van der Waals surface area contributed by atoms with Crippen LogP contribution in [0.2, 0.25) is 0 Å². The number of rotatable bonds is 5. The lowest BCUT2D eigenvalue weighted by atomic mass is 10.2. The van der Waals surface area contributed by atoms with Gasteiger partial charge in [-0.25, -0.2) is 0 Å². The fourth-order valence-electron chi connectivity index (χ4n) is 2.74. The van der Waals surface area contributed by atoms with Gasteiger partial charge in [-0.3, -0.25) is 9.88 Å². The van der Waals surface area contributed by atoms with E-state index in [0.29, 0.717) is 11.9 Å². The first-order chi connectivity index (χ1) is 13.3. The molecule has 1 aromatic heterocycles. The van der Waals surface area contributed by atoms with E-state index in [0.717, 1.165) is 17.1 Å². The number of hydrogen-bond donors (Lipinski definition) is 2. The minimum absolute atomic E-state index is 0.263. The van der Waals surface area contributed by atoms with Crippen LogP contribution in [-0.2, 0) is 0 Å². The third-order valence-electron chi connectivity index (χ3n) is 3.92. The molecule has 0 saturated heterocycles. The average Bonchev–Trinajstić information content (AvgIpc) is 2.70. The molecule has 1 heterocycles. The van der Waals surface area contributed by atoms with Gasteiger partial charge in [0.05, 0.1) is 0 Å². The molecule has 4 aromatic rings. The van der Waals surface area contributed by atoms with Gasteiger partial charge in [-0.1, -0.05) is 54.6 Å². The lowest BCUT2D eigenvalue weighted by Crippen LogP contribution is -2.15. The number of nitrogens with zero attached hydrogens (tertiary/aromatic N) is 3. The Bertz CT molecular complexity index is 1030.